The highest BCUT2D eigenvalue weighted by molar-refractivity contribution is 4.81. The third kappa shape index (κ3) is 1.25. The van der Waals surface area contributed by atoms with Crippen LogP contribution in [0.5, 0.6) is 0 Å². The number of hydrogen-bond acceptors (Lipinski definition) is 2. The molecule has 0 aliphatic carbocycles. The Morgan fingerprint density at radius 2 is 2.33 bits per heavy atom. The van der Waals surface area contributed by atoms with Gasteiger partial charge in [-0.25, -0.2) is 0 Å². The molecule has 0 aromatic carbocycles. The quantitative estimate of drug-likeness (QED) is 0.551. The standard InChI is InChI=1S/C7H15NO/c1-6-3-4-8(2)7(6)5-9/h6-7,9H,3-5H2,1-2H3/t6-,7-/m1/s1. The molecular formula is C7H15NO. The van der Waals surface area contributed by atoms with Crippen molar-refractivity contribution < 1.29 is 5.11 Å². The molecule has 2 atom stereocenters. The van der Waals surface area contributed by atoms with E-state index in [4.69, 9.17) is 5.11 Å². The summed E-state index contributed by atoms with van der Waals surface area (Å²) >= 11 is 0. The lowest BCUT2D eigenvalue weighted by molar-refractivity contribution is 0.160. The van der Waals surface area contributed by atoms with Crippen molar-refractivity contribution in [2.75, 3.05) is 20.2 Å². The van der Waals surface area contributed by atoms with Gasteiger partial charge < -0.3 is 10.0 Å². The molecule has 1 heterocycles. The van der Waals surface area contributed by atoms with E-state index in [1.807, 2.05) is 0 Å². The Bertz CT molecular complexity index is 84.9. The van der Waals surface area contributed by atoms with Gasteiger partial charge in [0.1, 0.15) is 0 Å². The van der Waals surface area contributed by atoms with Crippen molar-refractivity contribution in [3.05, 3.63) is 0 Å². The van der Waals surface area contributed by atoms with Gasteiger partial charge in [-0.15, -0.1) is 0 Å². The van der Waals surface area contributed by atoms with E-state index in [0.29, 0.717) is 18.6 Å². The second-order valence-corrected chi connectivity index (χ2v) is 3.00. The van der Waals surface area contributed by atoms with Gasteiger partial charge in [0.25, 0.3) is 0 Å². The smallest absolute Gasteiger partial charge is 0.0589 e. The molecule has 0 saturated carbocycles. The average Bonchev–Trinajstić information content (AvgIpc) is 2.12. The van der Waals surface area contributed by atoms with Crippen LogP contribution in [-0.4, -0.2) is 36.2 Å². The molecule has 0 amide bonds. The molecule has 0 radical (unpaired) electrons. The Labute approximate surface area is 56.5 Å². The van der Waals surface area contributed by atoms with Crippen LogP contribution < -0.4 is 0 Å². The van der Waals surface area contributed by atoms with Gasteiger partial charge in [-0.05, 0) is 25.9 Å². The molecule has 2 heteroatoms. The van der Waals surface area contributed by atoms with Crippen molar-refractivity contribution in [2.24, 2.45) is 5.92 Å². The molecule has 9 heavy (non-hydrogen) atoms. The Morgan fingerprint density at radius 1 is 1.67 bits per heavy atom. The van der Waals surface area contributed by atoms with E-state index in [1.54, 1.807) is 0 Å². The highest BCUT2D eigenvalue weighted by atomic mass is 16.3. The number of nitrogens with zero attached hydrogens (tertiary/aromatic N) is 1. The maximum Gasteiger partial charge on any atom is 0.0589 e. The monoisotopic (exact) mass is 129 g/mol. The van der Waals surface area contributed by atoms with Gasteiger partial charge in [0.2, 0.25) is 0 Å². The first kappa shape index (κ1) is 7.03. The number of likely N-dealkylation sites (N-methyl/N-ethyl adjacent to an activating group) is 1. The van der Waals surface area contributed by atoms with E-state index < -0.39 is 0 Å². The molecule has 1 aliphatic heterocycles. The minimum atomic E-state index is 0.317. The summed E-state index contributed by atoms with van der Waals surface area (Å²) < 4.78 is 0. The third-order valence-electron chi connectivity index (χ3n) is 2.35. The van der Waals surface area contributed by atoms with Crippen LogP contribution in [0.25, 0.3) is 0 Å². The summed E-state index contributed by atoms with van der Waals surface area (Å²) in [6, 6.07) is 0.421. The van der Waals surface area contributed by atoms with E-state index >= 15 is 0 Å². The molecule has 54 valence electrons. The summed E-state index contributed by atoms with van der Waals surface area (Å²) in [4.78, 5) is 2.23. The van der Waals surface area contributed by atoms with E-state index in [1.165, 1.54) is 6.42 Å². The zero-order valence-electron chi connectivity index (χ0n) is 6.17. The van der Waals surface area contributed by atoms with Gasteiger partial charge in [0.05, 0.1) is 6.61 Å². The van der Waals surface area contributed by atoms with Crippen molar-refractivity contribution in [3.63, 3.8) is 0 Å². The number of aliphatic hydroxyl groups excluding tert-OH is 1. The van der Waals surface area contributed by atoms with Crippen LogP contribution in [0, 0.1) is 5.92 Å². The zero-order chi connectivity index (χ0) is 6.85. The van der Waals surface area contributed by atoms with Crippen molar-refractivity contribution in [3.8, 4) is 0 Å². The largest absolute Gasteiger partial charge is 0.395 e. The normalized spacial score (nSPS) is 37.7. The lowest BCUT2D eigenvalue weighted by atomic mass is 10.0. The summed E-state index contributed by atoms with van der Waals surface area (Å²) in [6.07, 6.45) is 1.24. The third-order valence-corrected chi connectivity index (χ3v) is 2.35. The molecule has 1 fully saturated rings. The van der Waals surface area contributed by atoms with Crippen LogP contribution in [0.15, 0.2) is 0 Å². The van der Waals surface area contributed by atoms with Gasteiger partial charge in [-0.1, -0.05) is 6.92 Å². The highest BCUT2D eigenvalue weighted by Crippen LogP contribution is 2.20. The van der Waals surface area contributed by atoms with Crippen molar-refractivity contribution >= 4 is 0 Å². The minimum Gasteiger partial charge on any atom is -0.395 e. The summed E-state index contributed by atoms with van der Waals surface area (Å²) in [5.74, 6) is 0.681. The fourth-order valence-corrected chi connectivity index (χ4v) is 1.52. The predicted molar refractivity (Wildman–Crippen MR) is 37.3 cm³/mol. The topological polar surface area (TPSA) is 23.5 Å². The van der Waals surface area contributed by atoms with E-state index in [9.17, 15) is 0 Å². The first-order valence-electron chi connectivity index (χ1n) is 3.57. The van der Waals surface area contributed by atoms with Gasteiger partial charge in [-0.3, -0.25) is 0 Å². The van der Waals surface area contributed by atoms with E-state index in [2.05, 4.69) is 18.9 Å². The van der Waals surface area contributed by atoms with Crippen molar-refractivity contribution in [1.82, 2.24) is 4.90 Å². The lowest BCUT2D eigenvalue weighted by Gasteiger charge is -2.19. The molecule has 1 N–H and O–H groups in total. The van der Waals surface area contributed by atoms with Gasteiger partial charge in [-0.2, -0.15) is 0 Å². The fourth-order valence-electron chi connectivity index (χ4n) is 1.52. The molecule has 0 aromatic heterocycles. The van der Waals surface area contributed by atoms with Crippen molar-refractivity contribution in [1.29, 1.82) is 0 Å². The van der Waals surface area contributed by atoms with Crippen LogP contribution in [0.3, 0.4) is 0 Å². The molecule has 1 aliphatic rings. The van der Waals surface area contributed by atoms with Crippen LogP contribution in [0.4, 0.5) is 0 Å². The van der Waals surface area contributed by atoms with Gasteiger partial charge in [0, 0.05) is 6.04 Å². The summed E-state index contributed by atoms with van der Waals surface area (Å²) in [6.45, 7) is 3.66. The van der Waals surface area contributed by atoms with Gasteiger partial charge >= 0.3 is 0 Å². The molecule has 0 aromatic rings. The molecule has 0 spiro atoms. The number of aliphatic hydroxyl groups is 1. The molecule has 0 bridgehead atoms. The highest BCUT2D eigenvalue weighted by Gasteiger charge is 2.26. The number of hydrogen-bond donors (Lipinski definition) is 1. The summed E-state index contributed by atoms with van der Waals surface area (Å²) in [5.41, 5.74) is 0. The zero-order valence-corrected chi connectivity index (χ0v) is 6.17. The second-order valence-electron chi connectivity index (χ2n) is 3.00. The number of likely N-dealkylation sites (tertiary alicyclic amines) is 1. The second kappa shape index (κ2) is 2.67. The molecule has 2 nitrogen and oxygen atoms in total. The van der Waals surface area contributed by atoms with E-state index in [-0.39, 0.29) is 0 Å². The van der Waals surface area contributed by atoms with Crippen LogP contribution in [0.2, 0.25) is 0 Å². The predicted octanol–water partition coefficient (Wildman–Crippen LogP) is 0.319. The Kier molecular flexibility index (Phi) is 2.09. The summed E-state index contributed by atoms with van der Waals surface area (Å²) in [7, 11) is 2.07. The van der Waals surface area contributed by atoms with Crippen molar-refractivity contribution in [2.45, 2.75) is 19.4 Å². The maximum atomic E-state index is 8.87. The molecule has 1 saturated heterocycles. The van der Waals surface area contributed by atoms with Crippen LogP contribution in [-0.2, 0) is 0 Å². The van der Waals surface area contributed by atoms with Crippen LogP contribution in [0.1, 0.15) is 13.3 Å². The minimum absolute atomic E-state index is 0.317. The van der Waals surface area contributed by atoms with Crippen LogP contribution >= 0.6 is 0 Å². The SMILES string of the molecule is C[C@@H]1CCN(C)[C@@H]1CO. The Balaban J connectivity index is 2.44. The molecular weight excluding hydrogens is 114 g/mol. The van der Waals surface area contributed by atoms with Gasteiger partial charge in [0.15, 0.2) is 0 Å². The first-order chi connectivity index (χ1) is 4.25. The average molecular weight is 129 g/mol. The Morgan fingerprint density at radius 3 is 2.56 bits per heavy atom. The first-order valence-corrected chi connectivity index (χ1v) is 3.57. The Hall–Kier alpha value is -0.0800. The molecule has 1 rings (SSSR count). The summed E-state index contributed by atoms with van der Waals surface area (Å²) in [5, 5.41) is 8.87. The lowest BCUT2D eigenvalue weighted by Crippen LogP contribution is -2.31. The number of rotatable bonds is 1. The van der Waals surface area contributed by atoms with E-state index in [0.717, 1.165) is 6.54 Å². The fraction of sp³-hybridized carbons (Fsp3) is 1.00. The maximum absolute atomic E-state index is 8.87. The molecule has 0 unspecified atom stereocenters.